The molecule has 0 bridgehead atoms. The fourth-order valence-corrected chi connectivity index (χ4v) is 3.65. The van der Waals surface area contributed by atoms with E-state index in [1.165, 1.54) is 37.9 Å². The van der Waals surface area contributed by atoms with Crippen molar-refractivity contribution >= 4 is 0 Å². The minimum atomic E-state index is 0.633. The molecule has 2 N–H and O–H groups in total. The fraction of sp³-hybridized carbons (Fsp3) is 0.706. The van der Waals surface area contributed by atoms with E-state index in [4.69, 9.17) is 0 Å². The van der Waals surface area contributed by atoms with Gasteiger partial charge in [0.2, 0.25) is 0 Å². The molecule has 0 spiro atoms. The van der Waals surface area contributed by atoms with Crippen LogP contribution in [0.15, 0.2) is 24.5 Å². The topological polar surface area (TPSA) is 40.2 Å². The van der Waals surface area contributed by atoms with Crippen LogP contribution in [0.5, 0.6) is 0 Å². The molecule has 0 amide bonds. The highest BCUT2D eigenvalue weighted by molar-refractivity contribution is 5.09. The molecule has 2 fully saturated rings. The minimum absolute atomic E-state index is 0.633. The summed E-state index contributed by atoms with van der Waals surface area (Å²) in [4.78, 5) is 6.82. The Morgan fingerprint density at radius 2 is 2.29 bits per heavy atom. The Morgan fingerprint density at radius 1 is 1.38 bits per heavy atom. The summed E-state index contributed by atoms with van der Waals surface area (Å²) < 4.78 is 0. The van der Waals surface area contributed by atoms with Gasteiger partial charge in [-0.05, 0) is 36.8 Å². The molecule has 2 saturated heterocycles. The van der Waals surface area contributed by atoms with Crippen LogP contribution in [0.4, 0.5) is 0 Å². The third-order valence-electron chi connectivity index (χ3n) is 4.90. The van der Waals surface area contributed by atoms with Gasteiger partial charge in [0.05, 0.1) is 0 Å². The Kier molecular flexibility index (Phi) is 4.88. The second kappa shape index (κ2) is 6.86. The number of hydrogen-bond acceptors (Lipinski definition) is 4. The van der Waals surface area contributed by atoms with E-state index in [0.717, 1.165) is 18.4 Å². The number of hydrazine groups is 1. The maximum absolute atomic E-state index is 4.23. The third-order valence-corrected chi connectivity index (χ3v) is 4.90. The maximum Gasteiger partial charge on any atom is 0.0312 e. The van der Waals surface area contributed by atoms with Crippen molar-refractivity contribution in [2.45, 2.75) is 51.7 Å². The van der Waals surface area contributed by atoms with Gasteiger partial charge in [0.1, 0.15) is 0 Å². The lowest BCUT2D eigenvalue weighted by atomic mass is 9.85. The van der Waals surface area contributed by atoms with E-state index >= 15 is 0 Å². The van der Waals surface area contributed by atoms with E-state index in [1.807, 2.05) is 18.5 Å². The number of rotatable bonds is 5. The van der Waals surface area contributed by atoms with E-state index in [9.17, 15) is 0 Å². The monoisotopic (exact) mass is 288 g/mol. The molecule has 4 heteroatoms. The molecule has 116 valence electrons. The quantitative estimate of drug-likeness (QED) is 0.871. The van der Waals surface area contributed by atoms with Crippen molar-refractivity contribution in [3.8, 4) is 0 Å². The molecular weight excluding hydrogens is 260 g/mol. The molecule has 4 nitrogen and oxygen atoms in total. The van der Waals surface area contributed by atoms with Crippen LogP contribution in [0.2, 0.25) is 0 Å². The molecule has 3 heterocycles. The molecule has 2 aliphatic rings. The van der Waals surface area contributed by atoms with Crippen LogP contribution in [-0.4, -0.2) is 35.1 Å². The van der Waals surface area contributed by atoms with Gasteiger partial charge in [0.25, 0.3) is 0 Å². The van der Waals surface area contributed by atoms with Crippen LogP contribution >= 0.6 is 0 Å². The van der Waals surface area contributed by atoms with E-state index in [0.29, 0.717) is 12.1 Å². The molecule has 1 aromatic rings. The number of likely N-dealkylation sites (tertiary alicyclic amines) is 1. The first-order valence-corrected chi connectivity index (χ1v) is 8.34. The molecule has 2 aliphatic heterocycles. The molecule has 0 aliphatic carbocycles. The average molecular weight is 288 g/mol. The van der Waals surface area contributed by atoms with Gasteiger partial charge < -0.3 is 0 Å². The maximum atomic E-state index is 4.23. The van der Waals surface area contributed by atoms with Crippen LogP contribution in [0.25, 0.3) is 0 Å². The summed E-state index contributed by atoms with van der Waals surface area (Å²) in [5.41, 5.74) is 8.40. The molecule has 3 rings (SSSR count). The third kappa shape index (κ3) is 3.82. The first kappa shape index (κ1) is 14.9. The molecular formula is C17H28N4. The predicted octanol–water partition coefficient (Wildman–Crippen LogP) is 2.18. The van der Waals surface area contributed by atoms with Gasteiger partial charge >= 0.3 is 0 Å². The Balaban J connectivity index is 1.56. The zero-order chi connectivity index (χ0) is 14.7. The average Bonchev–Trinajstić information content (AvgIpc) is 2.88. The lowest BCUT2D eigenvalue weighted by Crippen LogP contribution is -2.46. The van der Waals surface area contributed by atoms with Gasteiger partial charge in [-0.1, -0.05) is 19.9 Å². The van der Waals surface area contributed by atoms with Crippen LogP contribution < -0.4 is 10.9 Å². The molecule has 1 aromatic heterocycles. The van der Waals surface area contributed by atoms with E-state index in [1.54, 1.807) is 0 Å². The van der Waals surface area contributed by atoms with Crippen LogP contribution in [0.3, 0.4) is 0 Å². The van der Waals surface area contributed by atoms with E-state index < -0.39 is 0 Å². The number of hydrogen-bond donors (Lipinski definition) is 2. The van der Waals surface area contributed by atoms with Crippen molar-refractivity contribution in [3.05, 3.63) is 30.1 Å². The lowest BCUT2D eigenvalue weighted by Gasteiger charge is -2.36. The van der Waals surface area contributed by atoms with Crippen molar-refractivity contribution in [2.75, 3.05) is 13.1 Å². The smallest absolute Gasteiger partial charge is 0.0312 e. The summed E-state index contributed by atoms with van der Waals surface area (Å²) in [6.45, 7) is 8.04. The standard InChI is InChI=1S/C17H28N4/c1-13(2)5-6-16-15-12-21(9-7-17(15)20-19-16)11-14-4-3-8-18-10-14/h3-4,8,10,13,15-17,19-20H,5-7,9,11-12H2,1-2H3. The number of nitrogens with zero attached hydrogens (tertiary/aromatic N) is 2. The lowest BCUT2D eigenvalue weighted by molar-refractivity contribution is 0.145. The van der Waals surface area contributed by atoms with Gasteiger partial charge in [-0.2, -0.15) is 0 Å². The largest absolute Gasteiger partial charge is 0.299 e. The number of aromatic nitrogens is 1. The highest BCUT2D eigenvalue weighted by atomic mass is 15.4. The first-order valence-electron chi connectivity index (χ1n) is 8.34. The highest BCUT2D eigenvalue weighted by Crippen LogP contribution is 2.28. The fourth-order valence-electron chi connectivity index (χ4n) is 3.65. The minimum Gasteiger partial charge on any atom is -0.299 e. The summed E-state index contributed by atoms with van der Waals surface area (Å²) in [5, 5.41) is 0. The van der Waals surface area contributed by atoms with Crippen LogP contribution in [0, 0.1) is 11.8 Å². The molecule has 0 saturated carbocycles. The Hall–Kier alpha value is -0.970. The van der Waals surface area contributed by atoms with Crippen molar-refractivity contribution in [1.29, 1.82) is 0 Å². The van der Waals surface area contributed by atoms with E-state index in [2.05, 4.69) is 40.6 Å². The van der Waals surface area contributed by atoms with Crippen molar-refractivity contribution in [2.24, 2.45) is 11.8 Å². The number of piperidine rings is 1. The zero-order valence-electron chi connectivity index (χ0n) is 13.3. The Labute approximate surface area is 128 Å². The number of nitrogens with one attached hydrogen (secondary N) is 2. The van der Waals surface area contributed by atoms with Crippen LogP contribution in [-0.2, 0) is 6.54 Å². The van der Waals surface area contributed by atoms with Crippen molar-refractivity contribution in [3.63, 3.8) is 0 Å². The van der Waals surface area contributed by atoms with Gasteiger partial charge in [0.15, 0.2) is 0 Å². The molecule has 3 unspecified atom stereocenters. The summed E-state index contributed by atoms with van der Waals surface area (Å²) in [6.07, 6.45) is 7.68. The molecule has 21 heavy (non-hydrogen) atoms. The van der Waals surface area contributed by atoms with Crippen molar-refractivity contribution in [1.82, 2.24) is 20.7 Å². The second-order valence-corrected chi connectivity index (χ2v) is 7.02. The summed E-state index contributed by atoms with van der Waals surface area (Å²) in [7, 11) is 0. The molecule has 3 atom stereocenters. The first-order chi connectivity index (χ1) is 10.2. The summed E-state index contributed by atoms with van der Waals surface area (Å²) in [5.74, 6) is 1.54. The van der Waals surface area contributed by atoms with Crippen molar-refractivity contribution < 1.29 is 0 Å². The normalized spacial score (nSPS) is 29.8. The predicted molar refractivity (Wildman–Crippen MR) is 85.5 cm³/mol. The summed E-state index contributed by atoms with van der Waals surface area (Å²) >= 11 is 0. The number of fused-ring (bicyclic) bond motifs is 1. The summed E-state index contributed by atoms with van der Waals surface area (Å²) in [6, 6.07) is 5.51. The molecule has 0 radical (unpaired) electrons. The number of pyridine rings is 1. The van der Waals surface area contributed by atoms with Gasteiger partial charge in [-0.3, -0.25) is 20.7 Å². The molecule has 0 aromatic carbocycles. The van der Waals surface area contributed by atoms with Crippen LogP contribution in [0.1, 0.15) is 38.7 Å². The SMILES string of the molecule is CC(C)CCC1NNC2CCN(Cc3cccnc3)CC12. The zero-order valence-corrected chi connectivity index (χ0v) is 13.3. The Morgan fingerprint density at radius 3 is 3.05 bits per heavy atom. The second-order valence-electron chi connectivity index (χ2n) is 7.02. The van der Waals surface area contributed by atoms with Gasteiger partial charge in [-0.15, -0.1) is 0 Å². The van der Waals surface area contributed by atoms with Gasteiger partial charge in [0, 0.05) is 50.0 Å². The Bertz CT molecular complexity index is 434. The van der Waals surface area contributed by atoms with Gasteiger partial charge in [-0.25, -0.2) is 0 Å². The highest BCUT2D eigenvalue weighted by Gasteiger charge is 2.39. The van der Waals surface area contributed by atoms with E-state index in [-0.39, 0.29) is 0 Å².